The highest BCUT2D eigenvalue weighted by Crippen LogP contribution is 2.18. The molecular weight excluding hydrogens is 464 g/mol. The van der Waals surface area contributed by atoms with Gasteiger partial charge in [0.05, 0.1) is 11.1 Å². The maximum Gasteiger partial charge on any atom is 0.273 e. The third-order valence-corrected chi connectivity index (χ3v) is 5.62. The standard InChI is InChI=1S/C26H34N4O6/c1-2-3-4-5-6-7-12-18(24(34)28-30-26(36)20-14-9-11-16-22(20)32)17-23(33)27-29-25(35)19-13-8-10-15-21(19)31/h8-11,13-16,18,31-32H,2-7,12,17H2,1H3,(H,27,33)(H,28,34)(H,29,35)(H,30,36). The molecule has 2 aromatic rings. The van der Waals surface area contributed by atoms with Crippen molar-refractivity contribution < 1.29 is 29.4 Å². The molecule has 1 unspecified atom stereocenters. The Bertz CT molecular complexity index is 1040. The smallest absolute Gasteiger partial charge is 0.273 e. The molecule has 0 aliphatic carbocycles. The van der Waals surface area contributed by atoms with Crippen molar-refractivity contribution in [2.45, 2.75) is 58.3 Å². The number of hydrogen-bond acceptors (Lipinski definition) is 6. The summed E-state index contributed by atoms with van der Waals surface area (Å²) in [6, 6.07) is 11.8. The molecule has 6 N–H and O–H groups in total. The van der Waals surface area contributed by atoms with Crippen molar-refractivity contribution in [3.05, 3.63) is 59.7 Å². The number of rotatable bonds is 12. The van der Waals surface area contributed by atoms with E-state index >= 15 is 0 Å². The molecule has 0 radical (unpaired) electrons. The Balaban J connectivity index is 1.92. The SMILES string of the molecule is CCCCCCCCC(CC(=O)NNC(=O)c1ccccc1O)C(=O)NNC(=O)c1ccccc1O. The Labute approximate surface area is 210 Å². The molecule has 194 valence electrons. The second kappa shape index (κ2) is 15.0. The summed E-state index contributed by atoms with van der Waals surface area (Å²) < 4.78 is 0. The molecule has 0 aliphatic rings. The third kappa shape index (κ3) is 9.28. The van der Waals surface area contributed by atoms with Gasteiger partial charge in [0.2, 0.25) is 11.8 Å². The quantitative estimate of drug-likeness (QED) is 0.195. The van der Waals surface area contributed by atoms with Gasteiger partial charge in [0.25, 0.3) is 11.8 Å². The van der Waals surface area contributed by atoms with Gasteiger partial charge >= 0.3 is 0 Å². The van der Waals surface area contributed by atoms with Gasteiger partial charge in [0.15, 0.2) is 0 Å². The molecule has 0 fully saturated rings. The summed E-state index contributed by atoms with van der Waals surface area (Å²) in [5, 5.41) is 19.6. The highest BCUT2D eigenvalue weighted by Gasteiger charge is 2.23. The number of aromatic hydroxyl groups is 2. The number of hydrazine groups is 2. The molecule has 10 nitrogen and oxygen atoms in total. The zero-order valence-electron chi connectivity index (χ0n) is 20.4. The molecule has 0 saturated heterocycles. The van der Waals surface area contributed by atoms with Gasteiger partial charge < -0.3 is 10.2 Å². The van der Waals surface area contributed by atoms with Crippen LogP contribution in [0, 0.1) is 5.92 Å². The minimum Gasteiger partial charge on any atom is -0.507 e. The van der Waals surface area contributed by atoms with E-state index < -0.39 is 29.5 Å². The maximum atomic E-state index is 12.8. The van der Waals surface area contributed by atoms with Gasteiger partial charge in [-0.2, -0.15) is 0 Å². The summed E-state index contributed by atoms with van der Waals surface area (Å²) in [5.74, 6) is -3.78. The van der Waals surface area contributed by atoms with E-state index in [-0.39, 0.29) is 29.0 Å². The first-order chi connectivity index (χ1) is 17.3. The summed E-state index contributed by atoms with van der Waals surface area (Å²) in [7, 11) is 0. The van der Waals surface area contributed by atoms with Crippen molar-refractivity contribution in [3.8, 4) is 11.5 Å². The number of phenolic OH excluding ortho intramolecular Hbond substituents is 2. The Kier molecular flexibility index (Phi) is 11.8. The van der Waals surface area contributed by atoms with E-state index in [0.29, 0.717) is 12.8 Å². The largest absolute Gasteiger partial charge is 0.507 e. The second-order valence-corrected chi connectivity index (χ2v) is 8.44. The van der Waals surface area contributed by atoms with Crippen LogP contribution in [0.4, 0.5) is 0 Å². The molecule has 2 rings (SSSR count). The maximum absolute atomic E-state index is 12.8. The average molecular weight is 499 g/mol. The summed E-state index contributed by atoms with van der Waals surface area (Å²) in [4.78, 5) is 49.7. The van der Waals surface area contributed by atoms with Gasteiger partial charge in [-0.1, -0.05) is 69.7 Å². The number of phenols is 2. The van der Waals surface area contributed by atoms with Crippen LogP contribution in [0.1, 0.15) is 79.0 Å². The highest BCUT2D eigenvalue weighted by molar-refractivity contribution is 5.99. The highest BCUT2D eigenvalue weighted by atomic mass is 16.3. The Hall–Kier alpha value is -4.08. The number of amides is 4. The van der Waals surface area contributed by atoms with E-state index in [1.165, 1.54) is 24.3 Å². The fourth-order valence-corrected chi connectivity index (χ4v) is 3.58. The monoisotopic (exact) mass is 498 g/mol. The summed E-state index contributed by atoms with van der Waals surface area (Å²) in [5.41, 5.74) is 9.06. The summed E-state index contributed by atoms with van der Waals surface area (Å²) in [6.45, 7) is 2.13. The van der Waals surface area contributed by atoms with Crippen LogP contribution < -0.4 is 21.7 Å². The van der Waals surface area contributed by atoms with Gasteiger partial charge in [0.1, 0.15) is 11.5 Å². The number of unbranched alkanes of at least 4 members (excludes halogenated alkanes) is 5. The average Bonchev–Trinajstić information content (AvgIpc) is 2.87. The number of hydrogen-bond donors (Lipinski definition) is 6. The van der Waals surface area contributed by atoms with Crippen molar-refractivity contribution >= 4 is 23.6 Å². The molecule has 0 saturated carbocycles. The first-order valence-corrected chi connectivity index (χ1v) is 12.1. The van der Waals surface area contributed by atoms with Crippen LogP contribution >= 0.6 is 0 Å². The van der Waals surface area contributed by atoms with Crippen molar-refractivity contribution in [2.24, 2.45) is 5.92 Å². The fourth-order valence-electron chi connectivity index (χ4n) is 3.58. The lowest BCUT2D eigenvalue weighted by molar-refractivity contribution is -0.131. The lowest BCUT2D eigenvalue weighted by Crippen LogP contribution is -2.47. The van der Waals surface area contributed by atoms with E-state index in [1.54, 1.807) is 24.3 Å². The Morgan fingerprint density at radius 1 is 0.694 bits per heavy atom. The van der Waals surface area contributed by atoms with Gasteiger partial charge in [-0.25, -0.2) is 0 Å². The summed E-state index contributed by atoms with van der Waals surface area (Å²) in [6.07, 6.45) is 6.18. The van der Waals surface area contributed by atoms with E-state index in [4.69, 9.17) is 0 Å². The van der Waals surface area contributed by atoms with Crippen LogP contribution in [0.25, 0.3) is 0 Å². The van der Waals surface area contributed by atoms with E-state index in [1.807, 2.05) is 0 Å². The molecule has 2 aromatic carbocycles. The topological polar surface area (TPSA) is 157 Å². The number of para-hydroxylation sites is 2. The van der Waals surface area contributed by atoms with Gasteiger partial charge in [-0.05, 0) is 30.7 Å². The Morgan fingerprint density at radius 2 is 1.19 bits per heavy atom. The van der Waals surface area contributed by atoms with Crippen LogP contribution in [-0.2, 0) is 9.59 Å². The molecule has 0 spiro atoms. The molecule has 0 aliphatic heterocycles. The van der Waals surface area contributed by atoms with Gasteiger partial charge in [-0.15, -0.1) is 0 Å². The predicted octanol–water partition coefficient (Wildman–Crippen LogP) is 3.08. The second-order valence-electron chi connectivity index (χ2n) is 8.44. The van der Waals surface area contributed by atoms with Crippen LogP contribution in [0.15, 0.2) is 48.5 Å². The van der Waals surface area contributed by atoms with E-state index in [9.17, 15) is 29.4 Å². The summed E-state index contributed by atoms with van der Waals surface area (Å²) >= 11 is 0. The van der Waals surface area contributed by atoms with Crippen LogP contribution in [0.5, 0.6) is 11.5 Å². The minimum absolute atomic E-state index is 0.00473. The molecule has 36 heavy (non-hydrogen) atoms. The molecule has 0 heterocycles. The van der Waals surface area contributed by atoms with Gasteiger partial charge in [0, 0.05) is 12.3 Å². The van der Waals surface area contributed by atoms with Crippen molar-refractivity contribution in [3.63, 3.8) is 0 Å². The molecular formula is C26H34N4O6. The minimum atomic E-state index is -0.761. The fraction of sp³-hybridized carbons (Fsp3) is 0.385. The first-order valence-electron chi connectivity index (χ1n) is 12.1. The van der Waals surface area contributed by atoms with E-state index in [0.717, 1.165) is 32.1 Å². The number of carbonyl (C=O) groups is 4. The van der Waals surface area contributed by atoms with Gasteiger partial charge in [-0.3, -0.25) is 40.9 Å². The molecule has 10 heteroatoms. The number of carbonyl (C=O) groups excluding carboxylic acids is 4. The Morgan fingerprint density at radius 3 is 1.75 bits per heavy atom. The zero-order chi connectivity index (χ0) is 26.3. The van der Waals surface area contributed by atoms with Crippen LogP contribution in [-0.4, -0.2) is 33.8 Å². The van der Waals surface area contributed by atoms with Crippen molar-refractivity contribution in [2.75, 3.05) is 0 Å². The molecule has 0 aromatic heterocycles. The van der Waals surface area contributed by atoms with Crippen molar-refractivity contribution in [1.82, 2.24) is 21.7 Å². The normalized spacial score (nSPS) is 11.2. The predicted molar refractivity (Wildman–Crippen MR) is 134 cm³/mol. The molecule has 0 bridgehead atoms. The van der Waals surface area contributed by atoms with Crippen LogP contribution in [0.3, 0.4) is 0 Å². The molecule has 1 atom stereocenters. The number of nitrogens with one attached hydrogen (secondary N) is 4. The third-order valence-electron chi connectivity index (χ3n) is 5.62. The van der Waals surface area contributed by atoms with Crippen LogP contribution in [0.2, 0.25) is 0 Å². The van der Waals surface area contributed by atoms with E-state index in [2.05, 4.69) is 28.6 Å². The first kappa shape index (κ1) is 28.2. The number of benzene rings is 2. The lowest BCUT2D eigenvalue weighted by atomic mass is 9.96. The van der Waals surface area contributed by atoms with Crippen molar-refractivity contribution in [1.29, 1.82) is 0 Å². The lowest BCUT2D eigenvalue weighted by Gasteiger charge is -2.17. The zero-order valence-corrected chi connectivity index (χ0v) is 20.4. The molecule has 4 amide bonds.